The van der Waals surface area contributed by atoms with Crippen LogP contribution in [0.3, 0.4) is 0 Å². The molecule has 1 nitrogen and oxygen atoms in total. The number of alkyl halides is 3. The van der Waals surface area contributed by atoms with Gasteiger partial charge in [-0.1, -0.05) is 30.3 Å². The standard InChI is InChI=1S/C15H9F4N/c16-14-11(8-9-20)2-1-3-13(14)10-4-6-12(7-5-10)15(17,18)19/h1-7H,8H2. The maximum atomic E-state index is 14.1. The third-order valence-corrected chi connectivity index (χ3v) is 2.87. The van der Waals surface area contributed by atoms with E-state index in [-0.39, 0.29) is 17.5 Å². The normalized spacial score (nSPS) is 11.2. The molecule has 0 heterocycles. The third-order valence-electron chi connectivity index (χ3n) is 2.87. The van der Waals surface area contributed by atoms with E-state index < -0.39 is 17.6 Å². The molecule has 102 valence electrons. The first-order valence-corrected chi connectivity index (χ1v) is 5.75. The quantitative estimate of drug-likeness (QED) is 0.738. The topological polar surface area (TPSA) is 23.8 Å². The van der Waals surface area contributed by atoms with Crippen LogP contribution in [-0.2, 0) is 12.6 Å². The van der Waals surface area contributed by atoms with Crippen LogP contribution in [0.25, 0.3) is 11.1 Å². The lowest BCUT2D eigenvalue weighted by Crippen LogP contribution is -2.04. The monoisotopic (exact) mass is 279 g/mol. The molecule has 0 bridgehead atoms. The Bertz CT molecular complexity index is 651. The van der Waals surface area contributed by atoms with E-state index in [1.807, 2.05) is 6.07 Å². The molecule has 0 atom stereocenters. The van der Waals surface area contributed by atoms with Crippen molar-refractivity contribution in [2.24, 2.45) is 0 Å². The summed E-state index contributed by atoms with van der Waals surface area (Å²) in [6.45, 7) is 0. The highest BCUT2D eigenvalue weighted by molar-refractivity contribution is 5.65. The SMILES string of the molecule is N#CCc1cccc(-c2ccc(C(F)(F)F)cc2)c1F. The summed E-state index contributed by atoms with van der Waals surface area (Å²) < 4.78 is 51.5. The van der Waals surface area contributed by atoms with E-state index in [0.717, 1.165) is 12.1 Å². The number of halogens is 4. The van der Waals surface area contributed by atoms with Crippen LogP contribution in [0.5, 0.6) is 0 Å². The maximum absolute atomic E-state index is 14.1. The lowest BCUT2D eigenvalue weighted by atomic mass is 10.00. The number of hydrogen-bond donors (Lipinski definition) is 0. The average molecular weight is 279 g/mol. The van der Waals surface area contributed by atoms with Gasteiger partial charge in [-0.3, -0.25) is 0 Å². The smallest absolute Gasteiger partial charge is 0.206 e. The van der Waals surface area contributed by atoms with Gasteiger partial charge in [-0.05, 0) is 17.7 Å². The fourth-order valence-corrected chi connectivity index (χ4v) is 1.86. The molecular weight excluding hydrogens is 270 g/mol. The van der Waals surface area contributed by atoms with Crippen LogP contribution >= 0.6 is 0 Å². The molecule has 0 aliphatic rings. The molecule has 0 saturated heterocycles. The molecule has 2 rings (SSSR count). The summed E-state index contributed by atoms with van der Waals surface area (Å²) in [7, 11) is 0. The summed E-state index contributed by atoms with van der Waals surface area (Å²) >= 11 is 0. The van der Waals surface area contributed by atoms with Crippen molar-refractivity contribution in [3.8, 4) is 17.2 Å². The highest BCUT2D eigenvalue weighted by atomic mass is 19.4. The summed E-state index contributed by atoms with van der Waals surface area (Å²) in [5, 5.41) is 8.59. The average Bonchev–Trinajstić information content (AvgIpc) is 2.41. The molecular formula is C15H9F4N. The molecule has 0 N–H and O–H groups in total. The van der Waals surface area contributed by atoms with Crippen molar-refractivity contribution in [3.05, 3.63) is 59.4 Å². The zero-order valence-corrected chi connectivity index (χ0v) is 10.2. The van der Waals surface area contributed by atoms with Gasteiger partial charge in [0.05, 0.1) is 18.1 Å². The molecule has 0 unspecified atom stereocenters. The fourth-order valence-electron chi connectivity index (χ4n) is 1.86. The molecule has 0 aromatic heterocycles. The zero-order valence-electron chi connectivity index (χ0n) is 10.2. The number of nitrogens with zero attached hydrogens (tertiary/aromatic N) is 1. The van der Waals surface area contributed by atoms with Crippen molar-refractivity contribution in [1.82, 2.24) is 0 Å². The van der Waals surface area contributed by atoms with Gasteiger partial charge in [-0.15, -0.1) is 0 Å². The second kappa shape index (κ2) is 5.33. The Balaban J connectivity index is 2.43. The van der Waals surface area contributed by atoms with Crippen LogP contribution in [0.1, 0.15) is 11.1 Å². The number of nitriles is 1. The molecule has 0 aliphatic carbocycles. The van der Waals surface area contributed by atoms with E-state index >= 15 is 0 Å². The molecule has 0 amide bonds. The van der Waals surface area contributed by atoms with E-state index in [2.05, 4.69) is 0 Å². The lowest BCUT2D eigenvalue weighted by molar-refractivity contribution is -0.137. The minimum Gasteiger partial charge on any atom is -0.206 e. The molecule has 2 aromatic carbocycles. The summed E-state index contributed by atoms with van der Waals surface area (Å²) in [5.74, 6) is -0.575. The molecule has 0 saturated carbocycles. The predicted molar refractivity (Wildman–Crippen MR) is 66.2 cm³/mol. The Morgan fingerprint density at radius 2 is 1.65 bits per heavy atom. The Labute approximate surface area is 113 Å². The van der Waals surface area contributed by atoms with Crippen molar-refractivity contribution in [3.63, 3.8) is 0 Å². The number of hydrogen-bond acceptors (Lipinski definition) is 1. The van der Waals surface area contributed by atoms with Crippen LogP contribution < -0.4 is 0 Å². The van der Waals surface area contributed by atoms with E-state index in [1.54, 1.807) is 6.07 Å². The van der Waals surface area contributed by atoms with Crippen LogP contribution in [0, 0.1) is 17.1 Å². The Kier molecular flexibility index (Phi) is 3.75. The highest BCUT2D eigenvalue weighted by Gasteiger charge is 2.30. The molecule has 0 spiro atoms. The second-order valence-corrected chi connectivity index (χ2v) is 4.19. The number of rotatable bonds is 2. The summed E-state index contributed by atoms with van der Waals surface area (Å²) in [5.41, 5.74) is -0.0264. The fraction of sp³-hybridized carbons (Fsp3) is 0.133. The second-order valence-electron chi connectivity index (χ2n) is 4.19. The lowest BCUT2D eigenvalue weighted by Gasteiger charge is -2.09. The minimum absolute atomic E-state index is 0.0830. The zero-order chi connectivity index (χ0) is 14.8. The van der Waals surface area contributed by atoms with Crippen LogP contribution in [0.4, 0.5) is 17.6 Å². The molecule has 5 heteroatoms. The predicted octanol–water partition coefficient (Wildman–Crippen LogP) is 4.58. The van der Waals surface area contributed by atoms with E-state index in [0.29, 0.717) is 5.56 Å². The number of benzene rings is 2. The van der Waals surface area contributed by atoms with Crippen LogP contribution in [0.2, 0.25) is 0 Å². The van der Waals surface area contributed by atoms with Crippen molar-refractivity contribution in [2.75, 3.05) is 0 Å². The van der Waals surface area contributed by atoms with Gasteiger partial charge >= 0.3 is 6.18 Å². The van der Waals surface area contributed by atoms with Gasteiger partial charge < -0.3 is 0 Å². The van der Waals surface area contributed by atoms with Crippen molar-refractivity contribution < 1.29 is 17.6 Å². The van der Waals surface area contributed by atoms with Gasteiger partial charge in [0, 0.05) is 11.1 Å². The van der Waals surface area contributed by atoms with Crippen LogP contribution in [0.15, 0.2) is 42.5 Å². The Morgan fingerprint density at radius 1 is 1.00 bits per heavy atom. The molecule has 0 fully saturated rings. The van der Waals surface area contributed by atoms with E-state index in [4.69, 9.17) is 5.26 Å². The summed E-state index contributed by atoms with van der Waals surface area (Å²) in [6.07, 6.45) is -4.50. The van der Waals surface area contributed by atoms with Crippen molar-refractivity contribution in [2.45, 2.75) is 12.6 Å². The van der Waals surface area contributed by atoms with Crippen LogP contribution in [-0.4, -0.2) is 0 Å². The maximum Gasteiger partial charge on any atom is 0.416 e. The van der Waals surface area contributed by atoms with Gasteiger partial charge in [0.25, 0.3) is 0 Å². The molecule has 2 aromatic rings. The van der Waals surface area contributed by atoms with Gasteiger partial charge in [-0.25, -0.2) is 4.39 Å². The van der Waals surface area contributed by atoms with Gasteiger partial charge in [0.2, 0.25) is 0 Å². The van der Waals surface area contributed by atoms with E-state index in [1.165, 1.54) is 24.3 Å². The first-order valence-electron chi connectivity index (χ1n) is 5.75. The van der Waals surface area contributed by atoms with Crippen molar-refractivity contribution in [1.29, 1.82) is 5.26 Å². The molecule has 0 aliphatic heterocycles. The van der Waals surface area contributed by atoms with Gasteiger partial charge in [-0.2, -0.15) is 18.4 Å². The summed E-state index contributed by atoms with van der Waals surface area (Å²) in [4.78, 5) is 0. The van der Waals surface area contributed by atoms with Gasteiger partial charge in [0.1, 0.15) is 5.82 Å². The molecule has 20 heavy (non-hydrogen) atoms. The Morgan fingerprint density at radius 3 is 2.20 bits per heavy atom. The Hall–Kier alpha value is -2.35. The van der Waals surface area contributed by atoms with Gasteiger partial charge in [0.15, 0.2) is 0 Å². The highest BCUT2D eigenvalue weighted by Crippen LogP contribution is 2.32. The van der Waals surface area contributed by atoms with Crippen molar-refractivity contribution >= 4 is 0 Å². The third kappa shape index (κ3) is 2.80. The largest absolute Gasteiger partial charge is 0.416 e. The molecule has 0 radical (unpaired) electrons. The minimum atomic E-state index is -4.42. The van der Waals surface area contributed by atoms with E-state index in [9.17, 15) is 17.6 Å². The first kappa shape index (κ1) is 14.1. The summed E-state index contributed by atoms with van der Waals surface area (Å²) in [6, 6.07) is 10.6. The first-order chi connectivity index (χ1) is 9.43.